The lowest BCUT2D eigenvalue weighted by Gasteiger charge is -2.06. The topological polar surface area (TPSA) is 0 Å². The Hall–Kier alpha value is -0.860. The number of hydrogen-bond acceptors (Lipinski definition) is 2. The fourth-order valence-corrected chi connectivity index (χ4v) is 2.66. The lowest BCUT2D eigenvalue weighted by molar-refractivity contribution is 0.750. The van der Waals surface area contributed by atoms with E-state index in [1.54, 1.807) is 0 Å². The van der Waals surface area contributed by atoms with Gasteiger partial charge in [-0.15, -0.1) is 24.4 Å². The van der Waals surface area contributed by atoms with Crippen molar-refractivity contribution in [3.63, 3.8) is 0 Å². The van der Waals surface area contributed by atoms with Crippen LogP contribution >= 0.6 is 24.4 Å². The number of rotatable bonds is 4. The molecular weight excluding hydrogens is 256 g/mol. The molecule has 0 aliphatic carbocycles. The minimum Gasteiger partial charge on any atom is -0.143 e. The molecule has 2 heteroatoms. The van der Waals surface area contributed by atoms with Gasteiger partial charge < -0.3 is 0 Å². The van der Waals surface area contributed by atoms with Gasteiger partial charge in [0.15, 0.2) is 0 Å². The predicted molar refractivity (Wildman–Crippen MR) is 84.7 cm³/mol. The summed E-state index contributed by atoms with van der Waals surface area (Å²) < 4.78 is 0. The smallest absolute Gasteiger partial charge is 0.00724 e. The molecule has 18 heavy (non-hydrogen) atoms. The Bertz CT molecular complexity index is 484. The van der Waals surface area contributed by atoms with Gasteiger partial charge in [-0.3, -0.25) is 0 Å². The molecule has 0 heterocycles. The molecule has 0 aromatic heterocycles. The average molecular weight is 274 g/mol. The van der Waals surface area contributed by atoms with Crippen LogP contribution in [0.25, 0.3) is 11.1 Å². The Kier molecular flexibility index (Phi) is 4.79. The molecule has 0 aliphatic rings. The highest BCUT2D eigenvalue weighted by molar-refractivity contribution is 7.99. The first kappa shape index (κ1) is 13.6. The van der Waals surface area contributed by atoms with Crippen molar-refractivity contribution < 1.29 is 0 Å². The molecule has 94 valence electrons. The van der Waals surface area contributed by atoms with Gasteiger partial charge in [0.2, 0.25) is 0 Å². The summed E-state index contributed by atoms with van der Waals surface area (Å²) in [7, 11) is 0. The molecule has 0 amide bonds. The fraction of sp³-hybridized carbons (Fsp3) is 0.250. The highest BCUT2D eigenvalue weighted by Gasteiger charge is 2.00. The first-order valence-corrected chi connectivity index (χ1v) is 7.60. The van der Waals surface area contributed by atoms with Crippen molar-refractivity contribution in [2.45, 2.75) is 23.6 Å². The monoisotopic (exact) mass is 274 g/mol. The zero-order chi connectivity index (χ0) is 13.0. The van der Waals surface area contributed by atoms with Crippen molar-refractivity contribution >= 4 is 24.4 Å². The third-order valence-corrected chi connectivity index (χ3v) is 4.38. The second-order valence-corrected chi connectivity index (χ2v) is 6.39. The maximum absolute atomic E-state index is 4.30. The summed E-state index contributed by atoms with van der Waals surface area (Å²) in [5, 5.41) is 0. The second-order valence-electron chi connectivity index (χ2n) is 4.78. The second kappa shape index (κ2) is 6.35. The van der Waals surface area contributed by atoms with Gasteiger partial charge in [0.05, 0.1) is 0 Å². The Morgan fingerprint density at radius 1 is 0.889 bits per heavy atom. The molecular formula is C16H18S2. The van der Waals surface area contributed by atoms with Crippen molar-refractivity contribution in [3.8, 4) is 11.1 Å². The molecule has 0 fully saturated rings. The zero-order valence-corrected chi connectivity index (χ0v) is 12.5. The summed E-state index contributed by atoms with van der Waals surface area (Å²) in [4.78, 5) is 2.35. The average Bonchev–Trinajstić information content (AvgIpc) is 2.38. The van der Waals surface area contributed by atoms with Crippen LogP contribution in [-0.4, -0.2) is 5.75 Å². The third-order valence-electron chi connectivity index (χ3n) is 2.64. The van der Waals surface area contributed by atoms with Crippen LogP contribution in [-0.2, 0) is 0 Å². The molecule has 0 nitrogen and oxygen atoms in total. The largest absolute Gasteiger partial charge is 0.143 e. The Labute approximate surface area is 119 Å². The van der Waals surface area contributed by atoms with Crippen LogP contribution in [0, 0.1) is 5.92 Å². The number of hydrogen-bond donors (Lipinski definition) is 1. The molecule has 0 bridgehead atoms. The Morgan fingerprint density at radius 2 is 1.39 bits per heavy atom. The molecule has 0 saturated carbocycles. The van der Waals surface area contributed by atoms with Gasteiger partial charge in [0, 0.05) is 15.5 Å². The highest BCUT2D eigenvalue weighted by atomic mass is 32.2. The SMILES string of the molecule is CC(C)CSc1ccc(-c2ccc(S)cc2)cc1. The van der Waals surface area contributed by atoms with E-state index >= 15 is 0 Å². The standard InChI is InChI=1S/C16H18S2/c1-12(2)11-18-16-9-5-14(6-10-16)13-3-7-15(17)8-4-13/h3-10,12,17H,11H2,1-2H3. The fourth-order valence-electron chi connectivity index (χ4n) is 1.66. The van der Waals surface area contributed by atoms with Crippen molar-refractivity contribution in [1.29, 1.82) is 0 Å². The molecule has 0 spiro atoms. The molecule has 0 radical (unpaired) electrons. The highest BCUT2D eigenvalue weighted by Crippen LogP contribution is 2.26. The maximum Gasteiger partial charge on any atom is 0.00724 e. The zero-order valence-electron chi connectivity index (χ0n) is 10.8. The van der Waals surface area contributed by atoms with Gasteiger partial charge in [-0.2, -0.15) is 0 Å². The van der Waals surface area contributed by atoms with Gasteiger partial charge in [-0.25, -0.2) is 0 Å². The summed E-state index contributed by atoms with van der Waals surface area (Å²) in [5.74, 6) is 1.91. The van der Waals surface area contributed by atoms with Gasteiger partial charge >= 0.3 is 0 Å². The molecule has 0 saturated heterocycles. The van der Waals surface area contributed by atoms with Crippen molar-refractivity contribution in [2.24, 2.45) is 5.92 Å². The number of benzene rings is 2. The number of thioether (sulfide) groups is 1. The van der Waals surface area contributed by atoms with Crippen LogP contribution in [0.4, 0.5) is 0 Å². The lowest BCUT2D eigenvalue weighted by Crippen LogP contribution is -1.89. The molecule has 0 atom stereocenters. The lowest BCUT2D eigenvalue weighted by atomic mass is 10.1. The molecule has 2 aromatic carbocycles. The van der Waals surface area contributed by atoms with E-state index in [9.17, 15) is 0 Å². The quantitative estimate of drug-likeness (QED) is 0.576. The van der Waals surface area contributed by atoms with Crippen LogP contribution in [0.2, 0.25) is 0 Å². The van der Waals surface area contributed by atoms with E-state index < -0.39 is 0 Å². The van der Waals surface area contributed by atoms with Gasteiger partial charge in [0.1, 0.15) is 0 Å². The van der Waals surface area contributed by atoms with E-state index in [0.717, 1.165) is 10.8 Å². The normalized spacial score (nSPS) is 10.9. The minimum absolute atomic E-state index is 0.734. The number of thiol groups is 1. The maximum atomic E-state index is 4.30. The first-order valence-electron chi connectivity index (χ1n) is 6.17. The van der Waals surface area contributed by atoms with Crippen LogP contribution < -0.4 is 0 Å². The van der Waals surface area contributed by atoms with Crippen molar-refractivity contribution in [1.82, 2.24) is 0 Å². The van der Waals surface area contributed by atoms with E-state index in [0.29, 0.717) is 0 Å². The van der Waals surface area contributed by atoms with E-state index in [1.165, 1.54) is 21.8 Å². The van der Waals surface area contributed by atoms with Crippen molar-refractivity contribution in [3.05, 3.63) is 48.5 Å². The third kappa shape index (κ3) is 3.82. The minimum atomic E-state index is 0.734. The van der Waals surface area contributed by atoms with Crippen LogP contribution in [0.15, 0.2) is 58.3 Å². The predicted octanol–water partition coefficient (Wildman–Crippen LogP) is 5.39. The molecule has 2 rings (SSSR count). The van der Waals surface area contributed by atoms with Gasteiger partial charge in [-0.1, -0.05) is 38.1 Å². The van der Waals surface area contributed by atoms with E-state index in [2.05, 4.69) is 62.9 Å². The summed E-state index contributed by atoms with van der Waals surface area (Å²) in [6.07, 6.45) is 0. The summed E-state index contributed by atoms with van der Waals surface area (Å²) >= 11 is 6.23. The van der Waals surface area contributed by atoms with Crippen molar-refractivity contribution in [2.75, 3.05) is 5.75 Å². The van der Waals surface area contributed by atoms with E-state index in [1.807, 2.05) is 23.9 Å². The first-order chi connectivity index (χ1) is 8.65. The van der Waals surface area contributed by atoms with E-state index in [-0.39, 0.29) is 0 Å². The Balaban J connectivity index is 2.09. The van der Waals surface area contributed by atoms with Gasteiger partial charge in [0.25, 0.3) is 0 Å². The molecule has 0 unspecified atom stereocenters. The molecule has 2 aromatic rings. The summed E-state index contributed by atoms with van der Waals surface area (Å²) in [6, 6.07) is 17.1. The molecule has 0 N–H and O–H groups in total. The Morgan fingerprint density at radius 3 is 1.89 bits per heavy atom. The van der Waals surface area contributed by atoms with Crippen LogP contribution in [0.5, 0.6) is 0 Å². The molecule has 0 aliphatic heterocycles. The van der Waals surface area contributed by atoms with Gasteiger partial charge in [-0.05, 0) is 41.3 Å². The summed E-state index contributed by atoms with van der Waals surface area (Å²) in [5.41, 5.74) is 2.51. The van der Waals surface area contributed by atoms with E-state index in [4.69, 9.17) is 0 Å². The van der Waals surface area contributed by atoms with Crippen LogP contribution in [0.1, 0.15) is 13.8 Å². The van der Waals surface area contributed by atoms with Crippen LogP contribution in [0.3, 0.4) is 0 Å². The summed E-state index contributed by atoms with van der Waals surface area (Å²) in [6.45, 7) is 4.50.